The van der Waals surface area contributed by atoms with Gasteiger partial charge in [0.15, 0.2) is 6.67 Å². The van der Waals surface area contributed by atoms with E-state index in [9.17, 15) is 4.79 Å². The Bertz CT molecular complexity index is 829. The second-order valence-electron chi connectivity index (χ2n) is 7.39. The molecule has 1 fully saturated rings. The Morgan fingerprint density at radius 3 is 2.47 bits per heavy atom. The number of hydrogen-bond acceptors (Lipinski definition) is 7. The van der Waals surface area contributed by atoms with E-state index in [2.05, 4.69) is 46.9 Å². The number of carbonyl (C=O) groups excluding carboxylic acids is 1. The van der Waals surface area contributed by atoms with E-state index in [-0.39, 0.29) is 24.7 Å². The second kappa shape index (κ2) is 11.0. The van der Waals surface area contributed by atoms with Crippen LogP contribution in [0.1, 0.15) is 17.3 Å². The van der Waals surface area contributed by atoms with Crippen molar-refractivity contribution in [2.24, 2.45) is 10.2 Å². The van der Waals surface area contributed by atoms with Gasteiger partial charge in [0, 0.05) is 12.2 Å². The Labute approximate surface area is 183 Å². The Morgan fingerprint density at radius 2 is 1.87 bits per heavy atom. The summed E-state index contributed by atoms with van der Waals surface area (Å²) in [4.78, 5) is 14.2. The summed E-state index contributed by atoms with van der Waals surface area (Å²) in [6.07, 6.45) is -0.184. The van der Waals surface area contributed by atoms with Gasteiger partial charge in [-0.05, 0) is 43.3 Å². The quantitative estimate of drug-likeness (QED) is 0.345. The van der Waals surface area contributed by atoms with Crippen molar-refractivity contribution in [1.82, 2.24) is 10.7 Å². The van der Waals surface area contributed by atoms with E-state index in [4.69, 9.17) is 4.74 Å². The number of likely N-dealkylation sites (N-methyl/N-ethyl adjacent to an activating group) is 1. The van der Waals surface area contributed by atoms with Crippen LogP contribution in [0.3, 0.4) is 0 Å². The van der Waals surface area contributed by atoms with Crippen LogP contribution in [0, 0.1) is 0 Å². The van der Waals surface area contributed by atoms with E-state index in [0.29, 0.717) is 23.3 Å². The van der Waals surface area contributed by atoms with Crippen molar-refractivity contribution in [3.8, 4) is 0 Å². The summed E-state index contributed by atoms with van der Waals surface area (Å²) >= 11 is 0. The van der Waals surface area contributed by atoms with Gasteiger partial charge in [-0.2, -0.15) is 5.11 Å². The lowest BCUT2D eigenvalue weighted by atomic mass is 10.2. The molecule has 1 atom stereocenters. The molecule has 8 nitrogen and oxygen atoms in total. The van der Waals surface area contributed by atoms with Gasteiger partial charge in [0.25, 0.3) is 0 Å². The van der Waals surface area contributed by atoms with Crippen molar-refractivity contribution < 1.29 is 26.5 Å². The van der Waals surface area contributed by atoms with Gasteiger partial charge in [0.05, 0.1) is 31.9 Å². The molecule has 0 radical (unpaired) electrons. The van der Waals surface area contributed by atoms with Crippen LogP contribution in [0.4, 0.5) is 11.4 Å². The average molecular weight is 433 g/mol. The van der Waals surface area contributed by atoms with Crippen LogP contribution in [0.5, 0.6) is 0 Å². The van der Waals surface area contributed by atoms with Crippen molar-refractivity contribution >= 4 is 17.3 Å². The van der Waals surface area contributed by atoms with E-state index in [0.717, 1.165) is 24.6 Å². The number of azo groups is 1. The van der Waals surface area contributed by atoms with Crippen LogP contribution in [0.25, 0.3) is 0 Å². The zero-order valence-corrected chi connectivity index (χ0v) is 18.3. The summed E-state index contributed by atoms with van der Waals surface area (Å²) in [5.74, 6) is -0.298. The number of nitrogens with one attached hydrogen (secondary N) is 2. The predicted molar refractivity (Wildman–Crippen MR) is 113 cm³/mol. The van der Waals surface area contributed by atoms with Crippen molar-refractivity contribution in [1.29, 1.82) is 0 Å². The molecule has 2 N–H and O–H groups in total. The fourth-order valence-corrected chi connectivity index (χ4v) is 3.03. The molecule has 0 aliphatic carbocycles. The van der Waals surface area contributed by atoms with Gasteiger partial charge in [-0.1, -0.05) is 18.2 Å². The Morgan fingerprint density at radius 1 is 1.17 bits per heavy atom. The second-order valence-corrected chi connectivity index (χ2v) is 7.39. The molecule has 1 heterocycles. The number of quaternary nitrogens is 1. The van der Waals surface area contributed by atoms with Crippen LogP contribution in [-0.2, 0) is 4.74 Å². The normalized spacial score (nSPS) is 17.5. The maximum Gasteiger partial charge on any atom is 0.338 e. The summed E-state index contributed by atoms with van der Waals surface area (Å²) in [5.41, 5.74) is 5.71. The number of carbonyl (C=O) groups is 1. The Balaban J connectivity index is 0.00000320. The number of benzene rings is 2. The highest BCUT2D eigenvalue weighted by Crippen LogP contribution is 2.20. The molecule has 1 unspecified atom stereocenters. The van der Waals surface area contributed by atoms with Crippen molar-refractivity contribution in [3.63, 3.8) is 0 Å². The van der Waals surface area contributed by atoms with Crippen LogP contribution in [0.2, 0.25) is 0 Å². The summed E-state index contributed by atoms with van der Waals surface area (Å²) in [6.45, 7) is 4.63. The van der Waals surface area contributed by atoms with Crippen LogP contribution < -0.4 is 28.0 Å². The zero-order chi connectivity index (χ0) is 20.7. The van der Waals surface area contributed by atoms with E-state index >= 15 is 0 Å². The van der Waals surface area contributed by atoms with Crippen LogP contribution in [-0.4, -0.2) is 57.3 Å². The summed E-state index contributed by atoms with van der Waals surface area (Å²) in [6, 6.07) is 16.9. The van der Waals surface area contributed by atoms with E-state index < -0.39 is 0 Å². The minimum absolute atomic E-state index is 0. The molecule has 0 spiro atoms. The summed E-state index contributed by atoms with van der Waals surface area (Å²) in [7, 11) is 4.13. The van der Waals surface area contributed by atoms with Gasteiger partial charge < -0.3 is 22.0 Å². The number of esters is 1. The lowest BCUT2D eigenvalue weighted by Crippen LogP contribution is -3.00. The number of ether oxygens (including phenoxy) is 1. The number of anilines is 1. The summed E-state index contributed by atoms with van der Waals surface area (Å²) < 4.78 is 6.04. The van der Waals surface area contributed by atoms with Gasteiger partial charge >= 0.3 is 5.97 Å². The largest absolute Gasteiger partial charge is 1.00 e. The molecule has 1 aliphatic rings. The number of nitrogens with zero attached hydrogens (tertiary/aromatic N) is 4. The third-order valence-corrected chi connectivity index (χ3v) is 4.64. The lowest BCUT2D eigenvalue weighted by Gasteiger charge is -2.23. The van der Waals surface area contributed by atoms with Crippen molar-refractivity contribution in [3.05, 3.63) is 60.2 Å². The SMILES string of the molecule is CCN(CCOC(=O)c1ccccc1)c1ccc(N=NC2NC[N+](C)(C)N2)cc1.[Cl-]. The lowest BCUT2D eigenvalue weighted by molar-refractivity contribution is -0.923. The fraction of sp³-hybridized carbons (Fsp3) is 0.381. The van der Waals surface area contributed by atoms with Crippen molar-refractivity contribution in [2.75, 3.05) is 45.4 Å². The molecular formula is C21H29ClN6O2. The van der Waals surface area contributed by atoms with Crippen LogP contribution in [0.15, 0.2) is 64.8 Å². The molecule has 0 amide bonds. The zero-order valence-electron chi connectivity index (χ0n) is 17.6. The highest BCUT2D eigenvalue weighted by atomic mass is 35.5. The van der Waals surface area contributed by atoms with Gasteiger partial charge in [-0.25, -0.2) is 14.7 Å². The first-order valence-electron chi connectivity index (χ1n) is 9.79. The van der Waals surface area contributed by atoms with E-state index in [1.807, 2.05) is 42.5 Å². The topological polar surface area (TPSA) is 78.3 Å². The maximum atomic E-state index is 12.0. The maximum absolute atomic E-state index is 12.0. The number of rotatable bonds is 8. The fourth-order valence-electron chi connectivity index (χ4n) is 3.03. The minimum Gasteiger partial charge on any atom is -1.00 e. The van der Waals surface area contributed by atoms with Crippen molar-refractivity contribution in [2.45, 2.75) is 13.2 Å². The monoisotopic (exact) mass is 432 g/mol. The number of halogens is 1. The molecule has 1 aliphatic heterocycles. The van der Waals surface area contributed by atoms with Gasteiger partial charge in [-0.3, -0.25) is 0 Å². The molecular weight excluding hydrogens is 404 g/mol. The Hall–Kier alpha value is -2.52. The smallest absolute Gasteiger partial charge is 0.338 e. The van der Waals surface area contributed by atoms with E-state index in [1.165, 1.54) is 0 Å². The molecule has 9 heteroatoms. The Kier molecular flexibility index (Phi) is 8.73. The molecule has 162 valence electrons. The van der Waals surface area contributed by atoms with Gasteiger partial charge in [0.1, 0.15) is 6.61 Å². The molecule has 0 saturated carbocycles. The van der Waals surface area contributed by atoms with E-state index in [1.54, 1.807) is 12.1 Å². The third-order valence-electron chi connectivity index (χ3n) is 4.64. The van der Waals surface area contributed by atoms with Gasteiger partial charge in [-0.15, -0.1) is 10.5 Å². The van der Waals surface area contributed by atoms with Crippen LogP contribution >= 0.6 is 0 Å². The molecule has 2 aromatic carbocycles. The molecule has 30 heavy (non-hydrogen) atoms. The highest BCUT2D eigenvalue weighted by Gasteiger charge is 2.29. The molecule has 2 aromatic rings. The standard InChI is InChI=1S/C21H29N6O2.ClH/c1-4-26(14-15-29-20(28)17-8-6-5-7-9-17)19-12-10-18(11-13-19)23-24-21-22-16-27(2,3)25-21;/h5-13,21-22,25H,4,14-16H2,1-3H3;1H/q+1;/p-1. The molecule has 1 saturated heterocycles. The first kappa shape index (κ1) is 23.8. The summed E-state index contributed by atoms with van der Waals surface area (Å²) in [5, 5.41) is 11.8. The average Bonchev–Trinajstić information content (AvgIpc) is 3.09. The predicted octanol–water partition coefficient (Wildman–Crippen LogP) is -0.117. The molecule has 3 rings (SSSR count). The first-order chi connectivity index (χ1) is 14.0. The first-order valence-corrected chi connectivity index (χ1v) is 9.79. The molecule has 0 aromatic heterocycles. The minimum atomic E-state index is -0.298. The van der Waals surface area contributed by atoms with Gasteiger partial charge in [0.2, 0.25) is 6.29 Å². The third kappa shape index (κ3) is 6.77. The molecule has 0 bridgehead atoms. The number of hydrogen-bond donors (Lipinski definition) is 2. The highest BCUT2D eigenvalue weighted by molar-refractivity contribution is 5.89.